The van der Waals surface area contributed by atoms with Crippen molar-refractivity contribution in [3.05, 3.63) is 54.1 Å². The van der Waals surface area contributed by atoms with Gasteiger partial charge in [-0.3, -0.25) is 0 Å². The Morgan fingerprint density at radius 3 is 2.14 bits per heavy atom. The number of ether oxygens (including phenoxy) is 2. The predicted molar refractivity (Wildman–Crippen MR) is 95.8 cm³/mol. The first-order chi connectivity index (χ1) is 10.2. The summed E-state index contributed by atoms with van der Waals surface area (Å²) < 4.78 is 11.0. The lowest BCUT2D eigenvalue weighted by Gasteiger charge is -2.07. The monoisotopic (exact) mass is 306 g/mol. The number of nitrogens with two attached hydrogens (primary N) is 1. The summed E-state index contributed by atoms with van der Waals surface area (Å²) in [5, 5.41) is 0. The van der Waals surface area contributed by atoms with Gasteiger partial charge in [0.2, 0.25) is 0 Å². The van der Waals surface area contributed by atoms with Crippen molar-refractivity contribution in [1.82, 2.24) is 6.15 Å². The van der Waals surface area contributed by atoms with Crippen LogP contribution in [0.2, 0.25) is 0 Å². The van der Waals surface area contributed by atoms with E-state index in [-0.39, 0.29) is 7.58 Å². The Balaban J connectivity index is 0. The average molecular weight is 306 g/mol. The Hall–Kier alpha value is -2.04. The van der Waals surface area contributed by atoms with Crippen molar-refractivity contribution in [2.24, 2.45) is 0 Å². The summed E-state index contributed by atoms with van der Waals surface area (Å²) in [6, 6.07) is 15.2. The van der Waals surface area contributed by atoms with Crippen molar-refractivity contribution in [3.63, 3.8) is 0 Å². The maximum Gasteiger partial charge on any atom is 0.129 e. The van der Waals surface area contributed by atoms with Crippen LogP contribution in [-0.4, -0.2) is 6.61 Å². The van der Waals surface area contributed by atoms with Crippen LogP contribution in [-0.2, 0) is 11.3 Å². The highest BCUT2D eigenvalue weighted by atomic mass is 16.5. The van der Waals surface area contributed by atoms with Gasteiger partial charge in [-0.25, -0.2) is 0 Å². The Morgan fingerprint density at radius 1 is 0.955 bits per heavy atom. The van der Waals surface area contributed by atoms with E-state index in [1.807, 2.05) is 49.4 Å². The smallest absolute Gasteiger partial charge is 0.129 e. The van der Waals surface area contributed by atoms with Crippen molar-refractivity contribution in [2.45, 2.75) is 33.8 Å². The first-order valence-electron chi connectivity index (χ1n) is 7.39. The molecular formula is C18H30N2O2. The third kappa shape index (κ3) is 7.67. The van der Waals surface area contributed by atoms with Gasteiger partial charge < -0.3 is 21.4 Å². The van der Waals surface area contributed by atoms with E-state index >= 15 is 0 Å². The highest BCUT2D eigenvalue weighted by Gasteiger charge is 1.98. The molecule has 2 rings (SSSR count). The summed E-state index contributed by atoms with van der Waals surface area (Å²) in [5.41, 5.74) is 7.53. The number of nitrogen functional groups attached to an aromatic ring is 1. The SMILES string of the molecule is CCC.CCOCc1ccc(Oc2cccc(N)c2)cc1.N.[HH]. The van der Waals surface area contributed by atoms with Crippen molar-refractivity contribution >= 4 is 5.69 Å². The fourth-order valence-corrected chi connectivity index (χ4v) is 1.59. The highest BCUT2D eigenvalue weighted by molar-refractivity contribution is 5.45. The molecule has 0 fully saturated rings. The maximum absolute atomic E-state index is 5.70. The lowest BCUT2D eigenvalue weighted by Crippen LogP contribution is -1.92. The normalized spacial score (nSPS) is 9.23. The molecule has 0 aromatic heterocycles. The Labute approximate surface area is 135 Å². The van der Waals surface area contributed by atoms with Crippen molar-refractivity contribution in [2.75, 3.05) is 12.3 Å². The van der Waals surface area contributed by atoms with E-state index in [1.165, 1.54) is 6.42 Å². The van der Waals surface area contributed by atoms with Gasteiger partial charge in [-0.2, -0.15) is 0 Å². The van der Waals surface area contributed by atoms with Crippen LogP contribution in [0.4, 0.5) is 5.69 Å². The molecule has 0 saturated carbocycles. The van der Waals surface area contributed by atoms with Crippen LogP contribution in [0.1, 0.15) is 34.2 Å². The number of anilines is 1. The zero-order valence-electron chi connectivity index (χ0n) is 13.8. The Bertz CT molecular complexity index is 519. The van der Waals surface area contributed by atoms with Crippen LogP contribution in [0, 0.1) is 0 Å². The summed E-state index contributed by atoms with van der Waals surface area (Å²) in [7, 11) is 0. The molecular weight excluding hydrogens is 276 g/mol. The highest BCUT2D eigenvalue weighted by Crippen LogP contribution is 2.23. The van der Waals surface area contributed by atoms with E-state index in [0.29, 0.717) is 12.3 Å². The topological polar surface area (TPSA) is 79.5 Å². The minimum absolute atomic E-state index is 0. The van der Waals surface area contributed by atoms with Gasteiger partial charge in [0.15, 0.2) is 0 Å². The molecule has 5 N–H and O–H groups in total. The zero-order valence-corrected chi connectivity index (χ0v) is 13.8. The van der Waals surface area contributed by atoms with Gasteiger partial charge in [0, 0.05) is 19.8 Å². The average Bonchev–Trinajstić information content (AvgIpc) is 2.47. The van der Waals surface area contributed by atoms with E-state index in [4.69, 9.17) is 15.2 Å². The third-order valence-electron chi connectivity index (χ3n) is 2.49. The minimum Gasteiger partial charge on any atom is -0.457 e. The van der Waals surface area contributed by atoms with Gasteiger partial charge in [0.1, 0.15) is 11.5 Å². The summed E-state index contributed by atoms with van der Waals surface area (Å²) in [6.45, 7) is 7.59. The molecule has 2 aromatic carbocycles. The van der Waals surface area contributed by atoms with E-state index < -0.39 is 0 Å². The second-order valence-electron chi connectivity index (χ2n) is 4.66. The molecule has 0 spiro atoms. The van der Waals surface area contributed by atoms with Gasteiger partial charge in [-0.1, -0.05) is 38.5 Å². The van der Waals surface area contributed by atoms with E-state index in [1.54, 1.807) is 6.07 Å². The van der Waals surface area contributed by atoms with Gasteiger partial charge in [-0.05, 0) is 36.8 Å². The quantitative estimate of drug-likeness (QED) is 0.723. The number of rotatable bonds is 5. The molecule has 0 heterocycles. The molecule has 2 aromatic rings. The largest absolute Gasteiger partial charge is 0.457 e. The van der Waals surface area contributed by atoms with E-state index in [9.17, 15) is 0 Å². The fraction of sp³-hybridized carbons (Fsp3) is 0.333. The van der Waals surface area contributed by atoms with Gasteiger partial charge in [0.25, 0.3) is 0 Å². The Kier molecular flexibility index (Phi) is 10.5. The summed E-state index contributed by atoms with van der Waals surface area (Å²) in [5.74, 6) is 1.54. The molecule has 0 unspecified atom stereocenters. The summed E-state index contributed by atoms with van der Waals surface area (Å²) in [4.78, 5) is 0. The van der Waals surface area contributed by atoms with E-state index in [0.717, 1.165) is 23.7 Å². The van der Waals surface area contributed by atoms with Crippen LogP contribution in [0.3, 0.4) is 0 Å². The zero-order chi connectivity index (χ0) is 15.5. The van der Waals surface area contributed by atoms with Crippen LogP contribution in [0.25, 0.3) is 0 Å². The molecule has 0 aliphatic rings. The van der Waals surface area contributed by atoms with Crippen molar-refractivity contribution in [3.8, 4) is 11.5 Å². The second-order valence-corrected chi connectivity index (χ2v) is 4.66. The van der Waals surface area contributed by atoms with Crippen molar-refractivity contribution in [1.29, 1.82) is 0 Å². The van der Waals surface area contributed by atoms with E-state index in [2.05, 4.69) is 13.8 Å². The molecule has 124 valence electrons. The lowest BCUT2D eigenvalue weighted by atomic mass is 10.2. The fourth-order valence-electron chi connectivity index (χ4n) is 1.59. The van der Waals surface area contributed by atoms with Crippen LogP contribution in [0.5, 0.6) is 11.5 Å². The van der Waals surface area contributed by atoms with Gasteiger partial charge >= 0.3 is 0 Å². The summed E-state index contributed by atoms with van der Waals surface area (Å²) >= 11 is 0. The maximum atomic E-state index is 5.70. The molecule has 0 radical (unpaired) electrons. The first kappa shape index (κ1) is 20.0. The third-order valence-corrected chi connectivity index (χ3v) is 2.49. The van der Waals surface area contributed by atoms with Crippen LogP contribution >= 0.6 is 0 Å². The number of hydrogen-bond donors (Lipinski definition) is 2. The predicted octanol–water partition coefficient (Wildman–Crippen LogP) is 5.42. The molecule has 0 atom stereocenters. The number of benzene rings is 2. The standard InChI is InChI=1S/C15H17NO2.C3H8.H3N.H2/c1-2-17-11-12-6-8-14(9-7-12)18-15-5-3-4-13(16)10-15;1-3-2;;/h3-10H,2,11,16H2,1H3;3H2,1-2H3;1H3;1H. The summed E-state index contributed by atoms with van der Waals surface area (Å²) in [6.07, 6.45) is 1.25. The van der Waals surface area contributed by atoms with Crippen LogP contribution < -0.4 is 16.6 Å². The molecule has 4 nitrogen and oxygen atoms in total. The van der Waals surface area contributed by atoms with Crippen LogP contribution in [0.15, 0.2) is 48.5 Å². The minimum atomic E-state index is 0. The molecule has 0 amide bonds. The molecule has 0 aliphatic carbocycles. The molecule has 22 heavy (non-hydrogen) atoms. The van der Waals surface area contributed by atoms with Gasteiger partial charge in [-0.15, -0.1) is 0 Å². The second kappa shape index (κ2) is 11.6. The molecule has 4 heteroatoms. The number of hydrogen-bond acceptors (Lipinski definition) is 4. The Morgan fingerprint density at radius 2 is 1.59 bits per heavy atom. The molecule has 0 saturated heterocycles. The first-order valence-corrected chi connectivity index (χ1v) is 7.39. The lowest BCUT2D eigenvalue weighted by molar-refractivity contribution is 0.134. The van der Waals surface area contributed by atoms with Crippen molar-refractivity contribution < 1.29 is 10.9 Å². The van der Waals surface area contributed by atoms with Gasteiger partial charge in [0.05, 0.1) is 6.61 Å². The molecule has 0 aliphatic heterocycles. The molecule has 0 bridgehead atoms.